The molecule has 3 heterocycles. The fourth-order valence-corrected chi connectivity index (χ4v) is 3.99. The molecule has 0 aliphatic rings. The summed E-state index contributed by atoms with van der Waals surface area (Å²) in [6.07, 6.45) is 3.01. The van der Waals surface area contributed by atoms with Crippen molar-refractivity contribution < 1.29 is 19.7 Å². The molecule has 0 spiro atoms. The number of hydrogen-bond acceptors (Lipinski definition) is 8. The predicted octanol–water partition coefficient (Wildman–Crippen LogP) is 2.65. The van der Waals surface area contributed by atoms with Gasteiger partial charge in [0.25, 0.3) is 5.56 Å². The average Bonchev–Trinajstić information content (AvgIpc) is 2.89. The van der Waals surface area contributed by atoms with Gasteiger partial charge in [-0.05, 0) is 56.0 Å². The van der Waals surface area contributed by atoms with Crippen molar-refractivity contribution in [2.24, 2.45) is 5.92 Å². The van der Waals surface area contributed by atoms with Gasteiger partial charge in [0, 0.05) is 30.6 Å². The Kier molecular flexibility index (Phi) is 7.65. The van der Waals surface area contributed by atoms with Gasteiger partial charge in [0.2, 0.25) is 5.88 Å². The second-order valence-corrected chi connectivity index (χ2v) is 8.62. The first kappa shape index (κ1) is 24.9. The van der Waals surface area contributed by atoms with E-state index in [-0.39, 0.29) is 24.9 Å². The molecule has 0 saturated heterocycles. The van der Waals surface area contributed by atoms with E-state index in [0.29, 0.717) is 23.2 Å². The molecule has 3 aromatic heterocycles. The molecule has 2 atom stereocenters. The molecule has 0 amide bonds. The molecule has 1 aromatic carbocycles. The standard InChI is InChI=1S/C26H27N5O5/c1-16-3-7-22-20(13-16)25(33)31(30-29-22)12-11-19(26(34)35)23(32)9-5-17-4-8-21(27-14-17)18-6-10-24(36-2)28-15-18/h3-4,6-8,10,13-15,19,23,32H,5,9,11-12H2,1-2H3,(H,34,35)/t19-,23+/m0/s1. The topological polar surface area (TPSA) is 140 Å². The molecule has 2 N–H and O–H groups in total. The van der Waals surface area contributed by atoms with Crippen molar-refractivity contribution in [3.05, 3.63) is 76.3 Å². The summed E-state index contributed by atoms with van der Waals surface area (Å²) in [5.74, 6) is -1.66. The molecule has 0 aliphatic heterocycles. The third-order valence-corrected chi connectivity index (χ3v) is 6.11. The van der Waals surface area contributed by atoms with Crippen LogP contribution < -0.4 is 10.3 Å². The summed E-state index contributed by atoms with van der Waals surface area (Å²) >= 11 is 0. The molecule has 36 heavy (non-hydrogen) atoms. The second-order valence-electron chi connectivity index (χ2n) is 8.62. The summed E-state index contributed by atoms with van der Waals surface area (Å²) in [6, 6.07) is 12.7. The Morgan fingerprint density at radius 3 is 2.58 bits per heavy atom. The zero-order chi connectivity index (χ0) is 25.7. The number of rotatable bonds is 10. The van der Waals surface area contributed by atoms with Crippen molar-refractivity contribution in [2.75, 3.05) is 7.11 Å². The van der Waals surface area contributed by atoms with Crippen molar-refractivity contribution in [1.29, 1.82) is 0 Å². The average molecular weight is 490 g/mol. The van der Waals surface area contributed by atoms with Gasteiger partial charge in [-0.2, -0.15) is 0 Å². The van der Waals surface area contributed by atoms with E-state index in [1.165, 1.54) is 0 Å². The summed E-state index contributed by atoms with van der Waals surface area (Å²) in [7, 11) is 1.55. The van der Waals surface area contributed by atoms with Crippen molar-refractivity contribution in [3.8, 4) is 17.1 Å². The van der Waals surface area contributed by atoms with Gasteiger partial charge in [-0.3, -0.25) is 14.6 Å². The van der Waals surface area contributed by atoms with E-state index in [1.54, 1.807) is 37.7 Å². The lowest BCUT2D eigenvalue weighted by atomic mass is 9.93. The second kappa shape index (κ2) is 11.0. The van der Waals surface area contributed by atoms with E-state index in [1.807, 2.05) is 31.2 Å². The van der Waals surface area contributed by atoms with Crippen LogP contribution in [0.3, 0.4) is 0 Å². The maximum absolute atomic E-state index is 12.7. The molecule has 186 valence electrons. The highest BCUT2D eigenvalue weighted by Crippen LogP contribution is 2.20. The Morgan fingerprint density at radius 1 is 1.08 bits per heavy atom. The van der Waals surface area contributed by atoms with Crippen LogP contribution >= 0.6 is 0 Å². The highest BCUT2D eigenvalue weighted by molar-refractivity contribution is 5.77. The number of aliphatic hydroxyl groups is 1. The number of carboxylic acids is 1. The van der Waals surface area contributed by atoms with Gasteiger partial charge < -0.3 is 14.9 Å². The minimum Gasteiger partial charge on any atom is -0.481 e. The number of ether oxygens (including phenoxy) is 1. The summed E-state index contributed by atoms with van der Waals surface area (Å²) < 4.78 is 6.22. The maximum Gasteiger partial charge on any atom is 0.309 e. The number of benzene rings is 1. The first-order valence-electron chi connectivity index (χ1n) is 11.6. The van der Waals surface area contributed by atoms with Crippen LogP contribution in [-0.2, 0) is 17.8 Å². The van der Waals surface area contributed by atoms with Crippen molar-refractivity contribution in [3.63, 3.8) is 0 Å². The number of nitrogens with zero attached hydrogens (tertiary/aromatic N) is 5. The number of carboxylic acid groups (broad SMARTS) is 1. The quantitative estimate of drug-likeness (QED) is 0.344. The van der Waals surface area contributed by atoms with Crippen LogP contribution in [0.1, 0.15) is 24.0 Å². The lowest BCUT2D eigenvalue weighted by Crippen LogP contribution is -2.32. The van der Waals surface area contributed by atoms with E-state index in [0.717, 1.165) is 27.1 Å². The van der Waals surface area contributed by atoms with Gasteiger partial charge in [-0.1, -0.05) is 22.9 Å². The Bertz CT molecular complexity index is 1400. The first-order valence-corrected chi connectivity index (χ1v) is 11.6. The molecule has 10 nitrogen and oxygen atoms in total. The summed E-state index contributed by atoms with van der Waals surface area (Å²) in [4.78, 5) is 33.2. The van der Waals surface area contributed by atoms with Crippen LogP contribution in [0.4, 0.5) is 0 Å². The van der Waals surface area contributed by atoms with E-state index >= 15 is 0 Å². The third kappa shape index (κ3) is 5.72. The van der Waals surface area contributed by atoms with Crippen LogP contribution in [0, 0.1) is 12.8 Å². The molecular weight excluding hydrogens is 462 g/mol. The number of aromatic nitrogens is 5. The van der Waals surface area contributed by atoms with Gasteiger partial charge >= 0.3 is 5.97 Å². The minimum atomic E-state index is -1.12. The van der Waals surface area contributed by atoms with Gasteiger partial charge in [-0.25, -0.2) is 9.67 Å². The van der Waals surface area contributed by atoms with Gasteiger partial charge in [0.15, 0.2) is 0 Å². The van der Waals surface area contributed by atoms with Crippen LogP contribution in [0.15, 0.2) is 59.7 Å². The van der Waals surface area contributed by atoms with E-state index in [9.17, 15) is 19.8 Å². The maximum atomic E-state index is 12.7. The van der Waals surface area contributed by atoms with Gasteiger partial charge in [0.1, 0.15) is 5.52 Å². The zero-order valence-corrected chi connectivity index (χ0v) is 20.0. The highest BCUT2D eigenvalue weighted by atomic mass is 16.5. The van der Waals surface area contributed by atoms with Gasteiger partial charge in [0.05, 0.1) is 30.2 Å². The number of fused-ring (bicyclic) bond motifs is 1. The summed E-state index contributed by atoms with van der Waals surface area (Å²) in [5.41, 5.74) is 3.53. The molecule has 4 rings (SSSR count). The lowest BCUT2D eigenvalue weighted by molar-refractivity contribution is -0.146. The molecule has 0 unspecified atom stereocenters. The van der Waals surface area contributed by atoms with Crippen molar-refractivity contribution in [2.45, 2.75) is 38.8 Å². The van der Waals surface area contributed by atoms with Gasteiger partial charge in [-0.15, -0.1) is 5.10 Å². The summed E-state index contributed by atoms with van der Waals surface area (Å²) in [5, 5.41) is 28.7. The monoisotopic (exact) mass is 489 g/mol. The normalized spacial score (nSPS) is 12.9. The smallest absolute Gasteiger partial charge is 0.309 e. The number of pyridine rings is 2. The molecule has 0 aliphatic carbocycles. The van der Waals surface area contributed by atoms with Crippen molar-refractivity contribution in [1.82, 2.24) is 25.0 Å². The van der Waals surface area contributed by atoms with Crippen LogP contribution in [0.2, 0.25) is 0 Å². The Balaban J connectivity index is 1.37. The van der Waals surface area contributed by atoms with E-state index in [4.69, 9.17) is 4.74 Å². The lowest BCUT2D eigenvalue weighted by Gasteiger charge is -2.19. The number of aryl methyl sites for hydroxylation is 3. The van der Waals surface area contributed by atoms with E-state index < -0.39 is 18.0 Å². The Hall–Kier alpha value is -4.18. The predicted molar refractivity (Wildman–Crippen MR) is 133 cm³/mol. The Morgan fingerprint density at radius 2 is 1.92 bits per heavy atom. The summed E-state index contributed by atoms with van der Waals surface area (Å²) in [6.45, 7) is 1.91. The number of hydrogen-bond donors (Lipinski definition) is 2. The van der Waals surface area contributed by atoms with Crippen LogP contribution in [0.25, 0.3) is 22.2 Å². The zero-order valence-electron chi connectivity index (χ0n) is 20.0. The fourth-order valence-electron chi connectivity index (χ4n) is 3.99. The number of methoxy groups -OCH3 is 1. The number of aliphatic hydroxyl groups excluding tert-OH is 1. The Labute approximate surface area is 207 Å². The molecule has 10 heteroatoms. The molecule has 4 aromatic rings. The molecular formula is C26H27N5O5. The van der Waals surface area contributed by atoms with Crippen LogP contribution in [-0.4, -0.2) is 54.4 Å². The number of carbonyl (C=O) groups is 1. The molecule has 0 bridgehead atoms. The van der Waals surface area contributed by atoms with E-state index in [2.05, 4.69) is 20.3 Å². The van der Waals surface area contributed by atoms with Crippen molar-refractivity contribution >= 4 is 16.9 Å². The number of aliphatic carboxylic acids is 1. The largest absolute Gasteiger partial charge is 0.481 e. The first-order chi connectivity index (χ1) is 17.4. The third-order valence-electron chi connectivity index (χ3n) is 6.11. The fraction of sp³-hybridized carbons (Fsp3) is 0.308. The SMILES string of the molecule is COc1ccc(-c2ccc(CC[C@@H](O)[C@H](CCn3nnc4ccc(C)cc4c3=O)C(=O)O)cn2)cn1. The molecule has 0 saturated carbocycles. The molecule has 0 fully saturated rings. The highest BCUT2D eigenvalue weighted by Gasteiger charge is 2.26. The minimum absolute atomic E-state index is 0.0376. The molecule has 0 radical (unpaired) electrons. The van der Waals surface area contributed by atoms with Crippen LogP contribution in [0.5, 0.6) is 5.88 Å².